The molecule has 3 aromatic carbocycles. The Bertz CT molecular complexity index is 967. The molecule has 154 valence electrons. The van der Waals surface area contributed by atoms with Crippen LogP contribution in [0.3, 0.4) is 0 Å². The van der Waals surface area contributed by atoms with Gasteiger partial charge in [0, 0.05) is 11.1 Å². The number of carbonyl (C=O) groups is 1. The van der Waals surface area contributed by atoms with Gasteiger partial charge in [-0.25, -0.2) is 5.43 Å². The van der Waals surface area contributed by atoms with Crippen molar-refractivity contribution in [3.8, 4) is 11.5 Å². The van der Waals surface area contributed by atoms with Crippen molar-refractivity contribution in [3.05, 3.63) is 95.6 Å². The fraction of sp³-hybridized carbons (Fsp3) is 0.200. The van der Waals surface area contributed by atoms with E-state index in [9.17, 15) is 4.79 Å². The highest BCUT2D eigenvalue weighted by Crippen LogP contribution is 2.18. The Labute approximate surface area is 177 Å². The highest BCUT2D eigenvalue weighted by atomic mass is 16.5. The SMILES string of the molecule is CC(C)COc1ccc(C(=O)NN=Cc2ccccc2OCc2ccccc2)cc1. The normalized spacial score (nSPS) is 10.9. The van der Waals surface area contributed by atoms with E-state index >= 15 is 0 Å². The first kappa shape index (κ1) is 21.1. The van der Waals surface area contributed by atoms with Gasteiger partial charge < -0.3 is 9.47 Å². The highest BCUT2D eigenvalue weighted by molar-refractivity contribution is 5.95. The summed E-state index contributed by atoms with van der Waals surface area (Å²) in [6.07, 6.45) is 1.58. The van der Waals surface area contributed by atoms with E-state index in [0.717, 1.165) is 16.9 Å². The lowest BCUT2D eigenvalue weighted by Gasteiger charge is -2.09. The van der Waals surface area contributed by atoms with Crippen LogP contribution < -0.4 is 14.9 Å². The summed E-state index contributed by atoms with van der Waals surface area (Å²) in [5, 5.41) is 4.08. The predicted molar refractivity (Wildman–Crippen MR) is 119 cm³/mol. The number of nitrogens with zero attached hydrogens (tertiary/aromatic N) is 1. The number of para-hydroxylation sites is 1. The summed E-state index contributed by atoms with van der Waals surface area (Å²) in [5.74, 6) is 1.60. The summed E-state index contributed by atoms with van der Waals surface area (Å²) in [6.45, 7) is 5.28. The van der Waals surface area contributed by atoms with E-state index in [0.29, 0.717) is 30.4 Å². The van der Waals surface area contributed by atoms with E-state index in [1.807, 2.05) is 54.6 Å². The number of carbonyl (C=O) groups excluding carboxylic acids is 1. The van der Waals surface area contributed by atoms with E-state index < -0.39 is 0 Å². The van der Waals surface area contributed by atoms with E-state index in [4.69, 9.17) is 9.47 Å². The quantitative estimate of drug-likeness (QED) is 0.402. The van der Waals surface area contributed by atoms with Crippen LogP contribution in [0, 0.1) is 5.92 Å². The number of amides is 1. The molecule has 3 rings (SSSR count). The fourth-order valence-electron chi connectivity index (χ4n) is 2.64. The van der Waals surface area contributed by atoms with E-state index in [1.165, 1.54) is 0 Å². The molecule has 0 radical (unpaired) electrons. The van der Waals surface area contributed by atoms with Gasteiger partial charge in [0.05, 0.1) is 12.8 Å². The molecule has 30 heavy (non-hydrogen) atoms. The lowest BCUT2D eigenvalue weighted by Crippen LogP contribution is -2.17. The fourth-order valence-corrected chi connectivity index (χ4v) is 2.64. The second-order valence-corrected chi connectivity index (χ2v) is 7.24. The van der Waals surface area contributed by atoms with Gasteiger partial charge in [0.15, 0.2) is 0 Å². The molecule has 5 heteroatoms. The van der Waals surface area contributed by atoms with Crippen LogP contribution in [0.2, 0.25) is 0 Å². The number of rotatable bonds is 9. The molecule has 0 aliphatic carbocycles. The number of hydrogen-bond donors (Lipinski definition) is 1. The smallest absolute Gasteiger partial charge is 0.271 e. The zero-order valence-corrected chi connectivity index (χ0v) is 17.2. The number of nitrogens with one attached hydrogen (secondary N) is 1. The summed E-state index contributed by atoms with van der Waals surface area (Å²) in [6, 6.07) is 24.5. The molecule has 0 aliphatic heterocycles. The van der Waals surface area contributed by atoms with Crippen molar-refractivity contribution in [3.63, 3.8) is 0 Å². The van der Waals surface area contributed by atoms with Crippen LogP contribution in [-0.2, 0) is 6.61 Å². The van der Waals surface area contributed by atoms with Gasteiger partial charge >= 0.3 is 0 Å². The third kappa shape index (κ3) is 6.48. The van der Waals surface area contributed by atoms with Crippen LogP contribution in [-0.4, -0.2) is 18.7 Å². The second-order valence-electron chi connectivity index (χ2n) is 7.24. The Morgan fingerprint density at radius 1 is 0.933 bits per heavy atom. The van der Waals surface area contributed by atoms with Crippen LogP contribution in [0.25, 0.3) is 0 Å². The summed E-state index contributed by atoms with van der Waals surface area (Å²) < 4.78 is 11.5. The van der Waals surface area contributed by atoms with Crippen LogP contribution >= 0.6 is 0 Å². The molecule has 0 spiro atoms. The molecule has 0 heterocycles. The van der Waals surface area contributed by atoms with Crippen molar-refractivity contribution in [1.82, 2.24) is 5.43 Å². The minimum Gasteiger partial charge on any atom is -0.493 e. The van der Waals surface area contributed by atoms with Gasteiger partial charge in [0.25, 0.3) is 5.91 Å². The summed E-state index contributed by atoms with van der Waals surface area (Å²) >= 11 is 0. The molecular weight excluding hydrogens is 376 g/mol. The van der Waals surface area contributed by atoms with Gasteiger partial charge in [0.1, 0.15) is 18.1 Å². The Morgan fingerprint density at radius 3 is 2.37 bits per heavy atom. The maximum atomic E-state index is 12.3. The molecule has 0 atom stereocenters. The third-order valence-corrected chi connectivity index (χ3v) is 4.23. The molecule has 0 aromatic heterocycles. The zero-order chi connectivity index (χ0) is 21.2. The predicted octanol–water partition coefficient (Wildman–Crippen LogP) is 5.06. The van der Waals surface area contributed by atoms with Crippen molar-refractivity contribution >= 4 is 12.1 Å². The zero-order valence-electron chi connectivity index (χ0n) is 17.2. The van der Waals surface area contributed by atoms with Crippen LogP contribution in [0.15, 0.2) is 84.0 Å². The van der Waals surface area contributed by atoms with E-state index in [1.54, 1.807) is 30.5 Å². The molecule has 3 aromatic rings. The van der Waals surface area contributed by atoms with Gasteiger partial charge in [-0.3, -0.25) is 4.79 Å². The second kappa shape index (κ2) is 10.8. The summed E-state index contributed by atoms with van der Waals surface area (Å²) in [7, 11) is 0. The van der Waals surface area contributed by atoms with Crippen LogP contribution in [0.4, 0.5) is 0 Å². The van der Waals surface area contributed by atoms with Gasteiger partial charge in [-0.15, -0.1) is 0 Å². The number of hydrogen-bond acceptors (Lipinski definition) is 4. The third-order valence-electron chi connectivity index (χ3n) is 4.23. The molecule has 0 unspecified atom stereocenters. The van der Waals surface area contributed by atoms with Gasteiger partial charge in [-0.1, -0.05) is 56.3 Å². The summed E-state index contributed by atoms with van der Waals surface area (Å²) in [4.78, 5) is 12.3. The molecule has 0 aliphatic rings. The topological polar surface area (TPSA) is 59.9 Å². The first-order valence-corrected chi connectivity index (χ1v) is 9.94. The molecular formula is C25H26N2O3. The van der Waals surface area contributed by atoms with E-state index in [2.05, 4.69) is 24.4 Å². The first-order chi connectivity index (χ1) is 14.6. The van der Waals surface area contributed by atoms with Gasteiger partial charge in [-0.2, -0.15) is 5.10 Å². The first-order valence-electron chi connectivity index (χ1n) is 9.94. The molecule has 0 fully saturated rings. The molecule has 0 saturated heterocycles. The van der Waals surface area contributed by atoms with Crippen molar-refractivity contribution < 1.29 is 14.3 Å². The standard InChI is InChI=1S/C25H26N2O3/c1-19(2)17-29-23-14-12-21(13-15-23)25(28)27-26-16-22-10-6-7-11-24(22)30-18-20-8-4-3-5-9-20/h3-16,19H,17-18H2,1-2H3,(H,27,28). The minimum atomic E-state index is -0.288. The molecule has 0 bridgehead atoms. The van der Waals surface area contributed by atoms with Crippen molar-refractivity contribution in [2.45, 2.75) is 20.5 Å². The van der Waals surface area contributed by atoms with Crippen molar-refractivity contribution in [2.75, 3.05) is 6.61 Å². The maximum absolute atomic E-state index is 12.3. The maximum Gasteiger partial charge on any atom is 0.271 e. The van der Waals surface area contributed by atoms with Crippen LogP contribution in [0.1, 0.15) is 35.3 Å². The van der Waals surface area contributed by atoms with Crippen LogP contribution in [0.5, 0.6) is 11.5 Å². The Morgan fingerprint density at radius 2 is 1.63 bits per heavy atom. The Balaban J connectivity index is 1.56. The van der Waals surface area contributed by atoms with E-state index in [-0.39, 0.29) is 5.91 Å². The average molecular weight is 402 g/mol. The number of benzene rings is 3. The lowest BCUT2D eigenvalue weighted by molar-refractivity contribution is 0.0955. The van der Waals surface area contributed by atoms with Crippen molar-refractivity contribution in [2.24, 2.45) is 11.0 Å². The molecule has 1 N–H and O–H groups in total. The van der Waals surface area contributed by atoms with Gasteiger partial charge in [-0.05, 0) is 47.9 Å². The number of hydrazone groups is 1. The van der Waals surface area contributed by atoms with Gasteiger partial charge in [0.2, 0.25) is 0 Å². The number of ether oxygens (including phenoxy) is 2. The van der Waals surface area contributed by atoms with Crippen molar-refractivity contribution in [1.29, 1.82) is 0 Å². The average Bonchev–Trinajstić information content (AvgIpc) is 2.78. The molecule has 5 nitrogen and oxygen atoms in total. The molecule has 0 saturated carbocycles. The highest BCUT2D eigenvalue weighted by Gasteiger charge is 2.06. The molecule has 1 amide bonds. The largest absolute Gasteiger partial charge is 0.493 e. The monoisotopic (exact) mass is 402 g/mol. The lowest BCUT2D eigenvalue weighted by atomic mass is 10.2. The summed E-state index contributed by atoms with van der Waals surface area (Å²) in [5.41, 5.74) is 4.93. The Hall–Kier alpha value is -3.60. The minimum absolute atomic E-state index is 0.288. The Kier molecular flexibility index (Phi) is 7.61.